The van der Waals surface area contributed by atoms with Crippen molar-refractivity contribution in [2.24, 2.45) is 4.99 Å². The lowest BCUT2D eigenvalue weighted by atomic mass is 10.3. The number of hydrogen-bond acceptors (Lipinski definition) is 4. The van der Waals surface area contributed by atoms with E-state index in [9.17, 15) is 0 Å². The van der Waals surface area contributed by atoms with Gasteiger partial charge in [-0.2, -0.15) is 4.99 Å². The van der Waals surface area contributed by atoms with E-state index in [0.29, 0.717) is 12.4 Å². The van der Waals surface area contributed by atoms with Crippen LogP contribution in [-0.2, 0) is 0 Å². The van der Waals surface area contributed by atoms with Gasteiger partial charge in [-0.3, -0.25) is 0 Å². The molecule has 0 saturated heterocycles. The van der Waals surface area contributed by atoms with Crippen LogP contribution in [0.5, 0.6) is 5.75 Å². The van der Waals surface area contributed by atoms with Crippen molar-refractivity contribution in [3.05, 3.63) is 24.3 Å². The molecule has 1 aromatic carbocycles. The van der Waals surface area contributed by atoms with E-state index >= 15 is 0 Å². The summed E-state index contributed by atoms with van der Waals surface area (Å²) >= 11 is 4.46. The molecule has 0 aliphatic rings. The van der Waals surface area contributed by atoms with Gasteiger partial charge in [0.25, 0.3) is 0 Å². The zero-order chi connectivity index (χ0) is 9.52. The van der Waals surface area contributed by atoms with Crippen LogP contribution < -0.4 is 4.74 Å². The lowest BCUT2D eigenvalue weighted by molar-refractivity contribution is 0.201. The third-order valence-electron chi connectivity index (χ3n) is 1.37. The summed E-state index contributed by atoms with van der Waals surface area (Å²) < 4.78 is 5.15. The van der Waals surface area contributed by atoms with Crippen LogP contribution in [0.4, 0.5) is 5.69 Å². The number of rotatable bonds is 4. The second-order valence-electron chi connectivity index (χ2n) is 2.27. The van der Waals surface area contributed by atoms with Gasteiger partial charge in [0.2, 0.25) is 0 Å². The van der Waals surface area contributed by atoms with Crippen LogP contribution in [0.15, 0.2) is 29.3 Å². The van der Waals surface area contributed by atoms with Gasteiger partial charge in [-0.05, 0) is 36.5 Å². The monoisotopic (exact) mass is 195 g/mol. The van der Waals surface area contributed by atoms with Crippen LogP contribution in [0.3, 0.4) is 0 Å². The van der Waals surface area contributed by atoms with Gasteiger partial charge >= 0.3 is 0 Å². The van der Waals surface area contributed by atoms with Gasteiger partial charge in [0.1, 0.15) is 12.4 Å². The van der Waals surface area contributed by atoms with Crippen molar-refractivity contribution >= 4 is 23.1 Å². The molecule has 3 nitrogen and oxygen atoms in total. The molecule has 0 aromatic heterocycles. The molecule has 1 aromatic rings. The fourth-order valence-electron chi connectivity index (χ4n) is 0.833. The fraction of sp³-hybridized carbons (Fsp3) is 0.222. The molecule has 0 bridgehead atoms. The van der Waals surface area contributed by atoms with Gasteiger partial charge in [0.05, 0.1) is 17.5 Å². The molecule has 0 fully saturated rings. The highest BCUT2D eigenvalue weighted by Crippen LogP contribution is 2.17. The molecule has 13 heavy (non-hydrogen) atoms. The maximum Gasteiger partial charge on any atom is 0.119 e. The second kappa shape index (κ2) is 5.43. The zero-order valence-electron chi connectivity index (χ0n) is 6.93. The highest BCUT2D eigenvalue weighted by Gasteiger charge is 1.92. The summed E-state index contributed by atoms with van der Waals surface area (Å²) in [6.07, 6.45) is 0. The molecule has 0 spiro atoms. The standard InChI is InChI=1S/C9H9NO2S/c11-5-6-12-9-3-1-8(2-4-9)10-7-13/h1-4,11H,5-6H2. The smallest absolute Gasteiger partial charge is 0.119 e. The minimum atomic E-state index is 0.0137. The first-order valence-corrected chi connectivity index (χ1v) is 4.19. The molecule has 4 heteroatoms. The molecule has 68 valence electrons. The molecular weight excluding hydrogens is 186 g/mol. The van der Waals surface area contributed by atoms with E-state index in [1.54, 1.807) is 24.3 Å². The average molecular weight is 195 g/mol. The quantitative estimate of drug-likeness (QED) is 0.588. The van der Waals surface area contributed by atoms with Crippen molar-refractivity contribution in [2.45, 2.75) is 0 Å². The molecule has 1 N–H and O–H groups in total. The average Bonchev–Trinajstić information content (AvgIpc) is 2.17. The van der Waals surface area contributed by atoms with Gasteiger partial charge in [-0.25, -0.2) is 0 Å². The molecule has 0 saturated carbocycles. The minimum absolute atomic E-state index is 0.0137. The Balaban J connectivity index is 2.63. The SMILES string of the molecule is OCCOc1ccc(N=C=S)cc1. The number of isothiocyanates is 1. The summed E-state index contributed by atoms with van der Waals surface area (Å²) in [5, 5.41) is 10.8. The predicted octanol–water partition coefficient (Wildman–Crippen LogP) is 1.79. The highest BCUT2D eigenvalue weighted by atomic mass is 32.1. The third-order valence-corrected chi connectivity index (χ3v) is 1.46. The predicted molar refractivity (Wildman–Crippen MR) is 53.7 cm³/mol. The van der Waals surface area contributed by atoms with E-state index in [4.69, 9.17) is 9.84 Å². The zero-order valence-corrected chi connectivity index (χ0v) is 7.75. The van der Waals surface area contributed by atoms with Crippen LogP contribution in [0.1, 0.15) is 0 Å². The molecule has 0 atom stereocenters. The Morgan fingerprint density at radius 1 is 1.38 bits per heavy atom. The van der Waals surface area contributed by atoms with Gasteiger partial charge < -0.3 is 9.84 Å². The van der Waals surface area contributed by atoms with Gasteiger partial charge in [0, 0.05) is 0 Å². The maximum atomic E-state index is 8.50. The van der Waals surface area contributed by atoms with E-state index in [2.05, 4.69) is 22.4 Å². The maximum absolute atomic E-state index is 8.50. The van der Waals surface area contributed by atoms with Crippen LogP contribution in [0.2, 0.25) is 0 Å². The number of benzene rings is 1. The molecule has 0 aliphatic heterocycles. The molecular formula is C9H9NO2S. The van der Waals surface area contributed by atoms with Crippen molar-refractivity contribution < 1.29 is 9.84 Å². The first kappa shape index (κ1) is 9.86. The summed E-state index contributed by atoms with van der Waals surface area (Å²) in [6.45, 7) is 0.315. The van der Waals surface area contributed by atoms with Crippen molar-refractivity contribution in [2.75, 3.05) is 13.2 Å². The Bertz CT molecular complexity index is 304. The first-order valence-electron chi connectivity index (χ1n) is 3.78. The fourth-order valence-corrected chi connectivity index (χ4v) is 0.939. The number of ether oxygens (including phenoxy) is 1. The topological polar surface area (TPSA) is 41.8 Å². The Hall–Kier alpha value is -1.22. The normalized spacial score (nSPS) is 9.00. The van der Waals surface area contributed by atoms with Crippen molar-refractivity contribution in [3.63, 3.8) is 0 Å². The largest absolute Gasteiger partial charge is 0.491 e. The molecule has 0 unspecified atom stereocenters. The van der Waals surface area contributed by atoms with E-state index in [-0.39, 0.29) is 6.61 Å². The van der Waals surface area contributed by atoms with Gasteiger partial charge in [-0.1, -0.05) is 0 Å². The number of aliphatic hydroxyl groups is 1. The van der Waals surface area contributed by atoms with Crippen LogP contribution >= 0.6 is 12.2 Å². The molecule has 1 rings (SSSR count). The number of aliphatic imine (C=N–C) groups is 1. The number of hydrogen-bond donors (Lipinski definition) is 1. The molecule has 0 amide bonds. The molecule has 0 radical (unpaired) electrons. The Kier molecular flexibility index (Phi) is 4.12. The lowest BCUT2D eigenvalue weighted by Gasteiger charge is -2.02. The Morgan fingerprint density at radius 2 is 2.08 bits per heavy atom. The van der Waals surface area contributed by atoms with E-state index < -0.39 is 0 Å². The number of nitrogens with zero attached hydrogens (tertiary/aromatic N) is 1. The second-order valence-corrected chi connectivity index (χ2v) is 2.45. The van der Waals surface area contributed by atoms with Crippen LogP contribution in [-0.4, -0.2) is 23.5 Å². The third kappa shape index (κ3) is 3.34. The van der Waals surface area contributed by atoms with E-state index in [0.717, 1.165) is 5.69 Å². The lowest BCUT2D eigenvalue weighted by Crippen LogP contribution is -2.00. The first-order chi connectivity index (χ1) is 6.36. The van der Waals surface area contributed by atoms with Crippen molar-refractivity contribution in [1.82, 2.24) is 0 Å². The summed E-state index contributed by atoms with van der Waals surface area (Å²) in [5.41, 5.74) is 0.742. The van der Waals surface area contributed by atoms with Crippen LogP contribution in [0, 0.1) is 0 Å². The van der Waals surface area contributed by atoms with Crippen molar-refractivity contribution in [1.29, 1.82) is 0 Å². The van der Waals surface area contributed by atoms with Crippen molar-refractivity contribution in [3.8, 4) is 5.75 Å². The number of aliphatic hydroxyl groups excluding tert-OH is 1. The molecule has 0 aliphatic carbocycles. The Morgan fingerprint density at radius 3 is 2.62 bits per heavy atom. The summed E-state index contributed by atoms with van der Waals surface area (Å²) in [4.78, 5) is 3.79. The molecule has 0 heterocycles. The van der Waals surface area contributed by atoms with Crippen LogP contribution in [0.25, 0.3) is 0 Å². The summed E-state index contributed by atoms with van der Waals surface area (Å²) in [5.74, 6) is 0.706. The van der Waals surface area contributed by atoms with Gasteiger partial charge in [-0.15, -0.1) is 0 Å². The van der Waals surface area contributed by atoms with E-state index in [1.165, 1.54) is 0 Å². The summed E-state index contributed by atoms with van der Waals surface area (Å²) in [6, 6.07) is 7.07. The Labute approximate surface area is 81.7 Å². The van der Waals surface area contributed by atoms with E-state index in [1.807, 2.05) is 0 Å². The minimum Gasteiger partial charge on any atom is -0.491 e. The van der Waals surface area contributed by atoms with Gasteiger partial charge in [0.15, 0.2) is 0 Å². The highest BCUT2D eigenvalue weighted by molar-refractivity contribution is 7.78. The summed E-state index contributed by atoms with van der Waals surface area (Å²) in [7, 11) is 0. The number of thiocarbonyl (C=S) groups is 1.